The van der Waals surface area contributed by atoms with Crippen LogP contribution in [0.1, 0.15) is 18.9 Å². The van der Waals surface area contributed by atoms with Crippen LogP contribution in [0.4, 0.5) is 0 Å². The van der Waals surface area contributed by atoms with Gasteiger partial charge in [0.05, 0.1) is 6.04 Å². The number of hydrogen-bond acceptors (Lipinski definition) is 3. The Kier molecular flexibility index (Phi) is 2.49. The fourth-order valence-electron chi connectivity index (χ4n) is 1.79. The predicted molar refractivity (Wildman–Crippen MR) is 52.5 cm³/mol. The van der Waals surface area contributed by atoms with E-state index < -0.39 is 0 Å². The Morgan fingerprint density at radius 3 is 2.93 bits per heavy atom. The van der Waals surface area contributed by atoms with Gasteiger partial charge in [0.25, 0.3) is 5.56 Å². The van der Waals surface area contributed by atoms with Gasteiger partial charge in [0.15, 0.2) is 0 Å². The molecule has 1 aliphatic heterocycles. The molecule has 0 unspecified atom stereocenters. The van der Waals surface area contributed by atoms with E-state index >= 15 is 0 Å². The smallest absolute Gasteiger partial charge is 0.315 e. The molecular weight excluding hydrogens is 182 g/mol. The monoisotopic (exact) mass is 195 g/mol. The molecule has 0 saturated carbocycles. The van der Waals surface area contributed by atoms with Crippen molar-refractivity contribution in [1.82, 2.24) is 14.9 Å². The molecule has 0 spiro atoms. The average Bonchev–Trinajstić information content (AvgIpc) is 2.19. The first-order chi connectivity index (χ1) is 6.77. The Balaban J connectivity index is 2.31. The van der Waals surface area contributed by atoms with Gasteiger partial charge in [-0.2, -0.15) is 0 Å². The van der Waals surface area contributed by atoms with Crippen LogP contribution in [0.15, 0.2) is 21.9 Å². The zero-order valence-electron chi connectivity index (χ0n) is 7.82. The van der Waals surface area contributed by atoms with Gasteiger partial charge < -0.3 is 5.32 Å². The van der Waals surface area contributed by atoms with Crippen molar-refractivity contribution in [2.24, 2.45) is 0 Å². The fraction of sp³-hybridized carbons (Fsp3) is 0.556. The van der Waals surface area contributed by atoms with Gasteiger partial charge in [-0.05, 0) is 19.4 Å². The maximum absolute atomic E-state index is 11.4. The number of aromatic nitrogens is 2. The number of aromatic amines is 1. The summed E-state index contributed by atoms with van der Waals surface area (Å²) in [5, 5.41) is 3.22. The molecule has 2 N–H and O–H groups in total. The van der Waals surface area contributed by atoms with Gasteiger partial charge in [0.1, 0.15) is 0 Å². The number of rotatable bonds is 1. The lowest BCUT2D eigenvalue weighted by Crippen LogP contribution is -2.38. The van der Waals surface area contributed by atoms with Crippen LogP contribution in [0.25, 0.3) is 0 Å². The molecule has 0 aliphatic carbocycles. The van der Waals surface area contributed by atoms with Crippen molar-refractivity contribution in [3.05, 3.63) is 33.1 Å². The lowest BCUT2D eigenvalue weighted by molar-refractivity contribution is 0.359. The van der Waals surface area contributed by atoms with E-state index in [-0.39, 0.29) is 17.3 Å². The second-order valence-electron chi connectivity index (χ2n) is 3.52. The highest BCUT2D eigenvalue weighted by molar-refractivity contribution is 4.87. The van der Waals surface area contributed by atoms with E-state index in [2.05, 4.69) is 10.3 Å². The minimum atomic E-state index is -0.338. The molecule has 76 valence electrons. The van der Waals surface area contributed by atoms with Crippen LogP contribution < -0.4 is 16.6 Å². The third-order valence-electron chi connectivity index (χ3n) is 2.52. The Morgan fingerprint density at radius 2 is 2.29 bits per heavy atom. The third-order valence-corrected chi connectivity index (χ3v) is 2.52. The number of piperidine rings is 1. The molecule has 5 heteroatoms. The highest BCUT2D eigenvalue weighted by atomic mass is 16.2. The van der Waals surface area contributed by atoms with Gasteiger partial charge in [0, 0.05) is 18.8 Å². The summed E-state index contributed by atoms with van der Waals surface area (Å²) in [5.74, 6) is 0. The van der Waals surface area contributed by atoms with Crippen molar-refractivity contribution in [2.75, 3.05) is 13.1 Å². The molecule has 1 fully saturated rings. The van der Waals surface area contributed by atoms with E-state index in [9.17, 15) is 9.59 Å². The molecule has 1 aromatic rings. The van der Waals surface area contributed by atoms with Crippen molar-refractivity contribution in [2.45, 2.75) is 18.9 Å². The molecule has 14 heavy (non-hydrogen) atoms. The molecule has 0 radical (unpaired) electrons. The first-order valence-corrected chi connectivity index (χ1v) is 4.79. The first kappa shape index (κ1) is 9.21. The van der Waals surface area contributed by atoms with Gasteiger partial charge in [-0.25, -0.2) is 4.79 Å². The largest absolute Gasteiger partial charge is 0.328 e. The number of nitrogens with one attached hydrogen (secondary N) is 2. The number of hydrogen-bond donors (Lipinski definition) is 2. The molecule has 0 bridgehead atoms. The Labute approximate surface area is 80.8 Å². The lowest BCUT2D eigenvalue weighted by Gasteiger charge is -2.24. The number of H-pyrrole nitrogens is 1. The average molecular weight is 195 g/mol. The van der Waals surface area contributed by atoms with Crippen molar-refractivity contribution in [3.63, 3.8) is 0 Å². The second-order valence-corrected chi connectivity index (χ2v) is 3.52. The third kappa shape index (κ3) is 1.77. The molecule has 1 aromatic heterocycles. The summed E-state index contributed by atoms with van der Waals surface area (Å²) in [6.45, 7) is 1.81. The second kappa shape index (κ2) is 3.79. The minimum absolute atomic E-state index is 0.174. The highest BCUT2D eigenvalue weighted by Gasteiger charge is 2.15. The van der Waals surface area contributed by atoms with Gasteiger partial charge in [-0.1, -0.05) is 0 Å². The summed E-state index contributed by atoms with van der Waals surface area (Å²) in [7, 11) is 0. The summed E-state index contributed by atoms with van der Waals surface area (Å²) < 4.78 is 1.59. The van der Waals surface area contributed by atoms with Gasteiger partial charge >= 0.3 is 5.69 Å². The molecule has 1 atom stereocenters. The van der Waals surface area contributed by atoms with E-state index in [1.807, 2.05) is 0 Å². The molecule has 0 aromatic carbocycles. The molecule has 1 aliphatic rings. The van der Waals surface area contributed by atoms with E-state index in [0.29, 0.717) is 0 Å². The normalized spacial score (nSPS) is 22.1. The van der Waals surface area contributed by atoms with Gasteiger partial charge in [-0.15, -0.1) is 0 Å². The topological polar surface area (TPSA) is 66.9 Å². The lowest BCUT2D eigenvalue weighted by atomic mass is 10.1. The molecular formula is C9H13N3O2. The summed E-state index contributed by atoms with van der Waals surface area (Å²) in [6, 6.07) is 1.56. The predicted octanol–water partition coefficient (Wildman–Crippen LogP) is -0.539. The highest BCUT2D eigenvalue weighted by Crippen LogP contribution is 2.12. The molecule has 2 rings (SSSR count). The van der Waals surface area contributed by atoms with Crippen molar-refractivity contribution in [3.8, 4) is 0 Å². The van der Waals surface area contributed by atoms with Crippen LogP contribution in [0.3, 0.4) is 0 Å². The van der Waals surface area contributed by atoms with Crippen molar-refractivity contribution < 1.29 is 0 Å². The summed E-state index contributed by atoms with van der Waals surface area (Å²) in [5.41, 5.74) is -0.652. The molecule has 1 saturated heterocycles. The minimum Gasteiger partial charge on any atom is -0.315 e. The van der Waals surface area contributed by atoms with Crippen LogP contribution in [0.2, 0.25) is 0 Å². The molecule has 5 nitrogen and oxygen atoms in total. The molecule has 0 amide bonds. The van der Waals surface area contributed by atoms with Crippen LogP contribution >= 0.6 is 0 Å². The van der Waals surface area contributed by atoms with E-state index in [1.165, 1.54) is 6.07 Å². The Hall–Kier alpha value is -1.36. The first-order valence-electron chi connectivity index (χ1n) is 4.79. The SMILES string of the molecule is O=c1ccn([C@@H]2CCCNC2)c(=O)[nH]1. The van der Waals surface area contributed by atoms with Crippen molar-refractivity contribution >= 4 is 0 Å². The van der Waals surface area contributed by atoms with Crippen LogP contribution in [0.5, 0.6) is 0 Å². The number of nitrogens with zero attached hydrogens (tertiary/aromatic N) is 1. The van der Waals surface area contributed by atoms with Crippen LogP contribution in [-0.4, -0.2) is 22.6 Å². The van der Waals surface area contributed by atoms with Gasteiger partial charge in [-0.3, -0.25) is 14.3 Å². The standard InChI is InChI=1S/C9H13N3O2/c13-8-3-5-12(9(14)11-8)7-2-1-4-10-6-7/h3,5,7,10H,1-2,4,6H2,(H,11,13,14)/t7-/m1/s1. The molecule has 2 heterocycles. The quantitative estimate of drug-likeness (QED) is 0.632. The van der Waals surface area contributed by atoms with Gasteiger partial charge in [0.2, 0.25) is 0 Å². The maximum Gasteiger partial charge on any atom is 0.328 e. The summed E-state index contributed by atoms with van der Waals surface area (Å²) in [4.78, 5) is 24.5. The Bertz CT molecular complexity index is 415. The maximum atomic E-state index is 11.4. The van der Waals surface area contributed by atoms with E-state index in [4.69, 9.17) is 0 Å². The summed E-state index contributed by atoms with van der Waals surface area (Å²) in [6.07, 6.45) is 3.62. The zero-order valence-corrected chi connectivity index (χ0v) is 7.82. The van der Waals surface area contributed by atoms with E-state index in [0.717, 1.165) is 25.9 Å². The fourth-order valence-corrected chi connectivity index (χ4v) is 1.79. The zero-order chi connectivity index (χ0) is 9.97. The summed E-state index contributed by atoms with van der Waals surface area (Å²) >= 11 is 0. The van der Waals surface area contributed by atoms with Crippen molar-refractivity contribution in [1.29, 1.82) is 0 Å². The van der Waals surface area contributed by atoms with Crippen LogP contribution in [-0.2, 0) is 0 Å². The van der Waals surface area contributed by atoms with E-state index in [1.54, 1.807) is 10.8 Å². The Morgan fingerprint density at radius 1 is 1.43 bits per heavy atom. The van der Waals surface area contributed by atoms with Crippen LogP contribution in [0, 0.1) is 0 Å².